The van der Waals surface area contributed by atoms with Crippen LogP contribution >= 0.6 is 0 Å². The molecule has 0 bridgehead atoms. The first-order valence-electron chi connectivity index (χ1n) is 6.19. The van der Waals surface area contributed by atoms with E-state index in [1.165, 1.54) is 7.05 Å². The van der Waals surface area contributed by atoms with Gasteiger partial charge in [-0.05, 0) is 27.2 Å². The highest BCUT2D eigenvalue weighted by Crippen LogP contribution is 2.11. The molecule has 102 valence electrons. The van der Waals surface area contributed by atoms with Crippen molar-refractivity contribution >= 4 is 17.7 Å². The predicted molar refractivity (Wildman–Crippen MR) is 66.7 cm³/mol. The molecule has 1 heterocycles. The van der Waals surface area contributed by atoms with Crippen molar-refractivity contribution in [3.63, 3.8) is 0 Å². The minimum Gasteiger partial charge on any atom is -0.353 e. The van der Waals surface area contributed by atoms with Gasteiger partial charge in [0.05, 0.1) is 12.1 Å². The second kappa shape index (κ2) is 5.95. The van der Waals surface area contributed by atoms with E-state index in [2.05, 4.69) is 10.6 Å². The summed E-state index contributed by atoms with van der Waals surface area (Å²) in [7, 11) is 1.47. The number of likely N-dealkylation sites (N-methyl/N-ethyl adjacent to an activating group) is 1. The van der Waals surface area contributed by atoms with Crippen molar-refractivity contribution < 1.29 is 14.4 Å². The second-order valence-corrected chi connectivity index (χ2v) is 4.93. The third kappa shape index (κ3) is 3.53. The molecule has 0 aromatic rings. The van der Waals surface area contributed by atoms with Crippen LogP contribution in [0.5, 0.6) is 0 Å². The SMILES string of the molecule is CC(C)NC(=O)C(C)NC1CCC(=O)N(C)C1=O. The maximum absolute atomic E-state index is 11.8. The Morgan fingerprint density at radius 1 is 1.33 bits per heavy atom. The summed E-state index contributed by atoms with van der Waals surface area (Å²) in [6, 6.07) is -0.850. The van der Waals surface area contributed by atoms with Gasteiger partial charge in [-0.15, -0.1) is 0 Å². The smallest absolute Gasteiger partial charge is 0.246 e. The number of imide groups is 1. The Labute approximate surface area is 107 Å². The molecule has 2 unspecified atom stereocenters. The minimum absolute atomic E-state index is 0.0630. The van der Waals surface area contributed by atoms with E-state index < -0.39 is 12.1 Å². The van der Waals surface area contributed by atoms with Gasteiger partial charge in [-0.1, -0.05) is 0 Å². The first kappa shape index (κ1) is 14.6. The van der Waals surface area contributed by atoms with Crippen LogP contribution in [0.25, 0.3) is 0 Å². The number of hydrogen-bond donors (Lipinski definition) is 2. The molecule has 1 saturated heterocycles. The maximum atomic E-state index is 11.8. The second-order valence-electron chi connectivity index (χ2n) is 4.93. The Hall–Kier alpha value is -1.43. The van der Waals surface area contributed by atoms with Crippen molar-refractivity contribution in [3.05, 3.63) is 0 Å². The lowest BCUT2D eigenvalue weighted by Crippen LogP contribution is -2.56. The van der Waals surface area contributed by atoms with Crippen LogP contribution < -0.4 is 10.6 Å². The number of hydrogen-bond acceptors (Lipinski definition) is 4. The van der Waals surface area contributed by atoms with Crippen LogP contribution in [-0.4, -0.2) is 47.8 Å². The zero-order valence-electron chi connectivity index (χ0n) is 11.3. The van der Waals surface area contributed by atoms with Crippen LogP contribution in [0.1, 0.15) is 33.6 Å². The fourth-order valence-corrected chi connectivity index (χ4v) is 1.86. The Kier molecular flexibility index (Phi) is 4.84. The van der Waals surface area contributed by atoms with Gasteiger partial charge < -0.3 is 5.32 Å². The first-order chi connectivity index (χ1) is 8.32. The monoisotopic (exact) mass is 255 g/mol. The molecule has 0 aliphatic carbocycles. The summed E-state index contributed by atoms with van der Waals surface area (Å²) in [6.45, 7) is 5.47. The number of nitrogens with one attached hydrogen (secondary N) is 2. The largest absolute Gasteiger partial charge is 0.353 e. The zero-order valence-corrected chi connectivity index (χ0v) is 11.3. The number of carbonyl (C=O) groups is 3. The van der Waals surface area contributed by atoms with E-state index in [1.54, 1.807) is 6.92 Å². The fourth-order valence-electron chi connectivity index (χ4n) is 1.86. The van der Waals surface area contributed by atoms with Gasteiger partial charge >= 0.3 is 0 Å². The number of rotatable bonds is 4. The van der Waals surface area contributed by atoms with Crippen molar-refractivity contribution in [3.8, 4) is 0 Å². The van der Waals surface area contributed by atoms with E-state index in [0.717, 1.165) is 4.90 Å². The molecule has 3 amide bonds. The van der Waals surface area contributed by atoms with Crippen LogP contribution in [0.3, 0.4) is 0 Å². The van der Waals surface area contributed by atoms with Gasteiger partial charge in [-0.2, -0.15) is 0 Å². The van der Waals surface area contributed by atoms with Crippen molar-refractivity contribution in [2.45, 2.75) is 51.7 Å². The van der Waals surface area contributed by atoms with E-state index in [4.69, 9.17) is 0 Å². The third-order valence-corrected chi connectivity index (χ3v) is 2.93. The van der Waals surface area contributed by atoms with Crippen molar-refractivity contribution in [2.75, 3.05) is 7.05 Å². The molecule has 1 aliphatic heterocycles. The quantitative estimate of drug-likeness (QED) is 0.672. The van der Waals surface area contributed by atoms with Gasteiger partial charge in [-0.3, -0.25) is 24.6 Å². The molecule has 0 spiro atoms. The highest BCUT2D eigenvalue weighted by Gasteiger charge is 2.33. The van der Waals surface area contributed by atoms with E-state index in [0.29, 0.717) is 12.8 Å². The number of amides is 3. The molecule has 0 aromatic heterocycles. The summed E-state index contributed by atoms with van der Waals surface area (Å²) >= 11 is 0. The highest BCUT2D eigenvalue weighted by molar-refractivity contribution is 6.00. The summed E-state index contributed by atoms with van der Waals surface area (Å²) in [5, 5.41) is 5.74. The molecular weight excluding hydrogens is 234 g/mol. The average molecular weight is 255 g/mol. The van der Waals surface area contributed by atoms with Gasteiger partial charge in [-0.25, -0.2) is 0 Å². The van der Waals surface area contributed by atoms with Crippen LogP contribution in [0.2, 0.25) is 0 Å². The molecule has 1 rings (SSSR count). The molecule has 1 fully saturated rings. The molecule has 0 saturated carbocycles. The highest BCUT2D eigenvalue weighted by atomic mass is 16.2. The molecule has 0 aromatic carbocycles. The van der Waals surface area contributed by atoms with Gasteiger partial charge in [0.15, 0.2) is 0 Å². The van der Waals surface area contributed by atoms with E-state index in [1.807, 2.05) is 13.8 Å². The van der Waals surface area contributed by atoms with E-state index in [-0.39, 0.29) is 23.8 Å². The topological polar surface area (TPSA) is 78.5 Å². The van der Waals surface area contributed by atoms with Crippen LogP contribution in [0, 0.1) is 0 Å². The van der Waals surface area contributed by atoms with E-state index >= 15 is 0 Å². The predicted octanol–water partition coefficient (Wildman–Crippen LogP) is -0.363. The van der Waals surface area contributed by atoms with Gasteiger partial charge in [0.2, 0.25) is 17.7 Å². The lowest BCUT2D eigenvalue weighted by Gasteiger charge is -2.30. The number of piperidine rings is 1. The summed E-state index contributed by atoms with van der Waals surface area (Å²) in [5.41, 5.74) is 0. The van der Waals surface area contributed by atoms with Crippen molar-refractivity contribution in [1.29, 1.82) is 0 Å². The summed E-state index contributed by atoms with van der Waals surface area (Å²) in [5.74, 6) is -0.579. The maximum Gasteiger partial charge on any atom is 0.246 e. The normalized spacial score (nSPS) is 22.3. The Bertz CT molecular complexity index is 354. The lowest BCUT2D eigenvalue weighted by atomic mass is 10.0. The van der Waals surface area contributed by atoms with E-state index in [9.17, 15) is 14.4 Å². The first-order valence-corrected chi connectivity index (χ1v) is 6.19. The molecule has 6 nitrogen and oxygen atoms in total. The van der Waals surface area contributed by atoms with Gasteiger partial charge in [0.1, 0.15) is 0 Å². The van der Waals surface area contributed by atoms with Crippen molar-refractivity contribution in [1.82, 2.24) is 15.5 Å². The summed E-state index contributed by atoms with van der Waals surface area (Å²) in [4.78, 5) is 36.0. The number of likely N-dealkylation sites (tertiary alicyclic amines) is 1. The van der Waals surface area contributed by atoms with Crippen LogP contribution in [0.15, 0.2) is 0 Å². The third-order valence-electron chi connectivity index (χ3n) is 2.93. The lowest BCUT2D eigenvalue weighted by molar-refractivity contribution is -0.148. The minimum atomic E-state index is -0.458. The van der Waals surface area contributed by atoms with Crippen LogP contribution in [0.4, 0.5) is 0 Å². The molecule has 6 heteroatoms. The Balaban J connectivity index is 2.54. The molecule has 0 radical (unpaired) electrons. The summed E-state index contributed by atoms with van der Waals surface area (Å²) < 4.78 is 0. The summed E-state index contributed by atoms with van der Waals surface area (Å²) in [6.07, 6.45) is 0.778. The molecule has 1 aliphatic rings. The standard InChI is InChI=1S/C12H21N3O3/c1-7(2)13-11(17)8(3)14-9-5-6-10(16)15(4)12(9)18/h7-9,14H,5-6H2,1-4H3,(H,13,17). The Morgan fingerprint density at radius 3 is 2.50 bits per heavy atom. The molecule has 18 heavy (non-hydrogen) atoms. The Morgan fingerprint density at radius 2 is 1.94 bits per heavy atom. The average Bonchev–Trinajstić information content (AvgIpc) is 2.29. The zero-order chi connectivity index (χ0) is 13.9. The fraction of sp³-hybridized carbons (Fsp3) is 0.750. The molecular formula is C12H21N3O3. The number of carbonyl (C=O) groups excluding carboxylic acids is 3. The van der Waals surface area contributed by atoms with Gasteiger partial charge in [0, 0.05) is 19.5 Å². The van der Waals surface area contributed by atoms with Crippen molar-refractivity contribution in [2.24, 2.45) is 0 Å². The number of nitrogens with zero attached hydrogens (tertiary/aromatic N) is 1. The molecule has 2 N–H and O–H groups in total. The van der Waals surface area contributed by atoms with Crippen LogP contribution in [-0.2, 0) is 14.4 Å². The molecule has 2 atom stereocenters. The van der Waals surface area contributed by atoms with Gasteiger partial charge in [0.25, 0.3) is 0 Å².